The van der Waals surface area contributed by atoms with Crippen molar-refractivity contribution in [3.63, 3.8) is 0 Å². The minimum Gasteiger partial charge on any atom is -0.351 e. The number of hydrogen-bond acceptors (Lipinski definition) is 2. The van der Waals surface area contributed by atoms with Gasteiger partial charge in [0.25, 0.3) is 0 Å². The van der Waals surface area contributed by atoms with Gasteiger partial charge >= 0.3 is 0 Å². The summed E-state index contributed by atoms with van der Waals surface area (Å²) >= 11 is 0. The van der Waals surface area contributed by atoms with E-state index in [-0.39, 0.29) is 17.8 Å². The zero-order chi connectivity index (χ0) is 18.4. The maximum Gasteiger partial charge on any atom is 0.244 e. The molecule has 4 heteroatoms. The van der Waals surface area contributed by atoms with E-state index < -0.39 is 0 Å². The van der Waals surface area contributed by atoms with Gasteiger partial charge in [-0.05, 0) is 61.7 Å². The SMILES string of the molecule is C/C(=C/C(=O)NCC(c1ccccc1)N1CCCC1)c1ccc(F)cc1. The summed E-state index contributed by atoms with van der Waals surface area (Å²) in [7, 11) is 0. The fourth-order valence-corrected chi connectivity index (χ4v) is 3.43. The van der Waals surface area contributed by atoms with E-state index in [9.17, 15) is 9.18 Å². The number of benzene rings is 2. The summed E-state index contributed by atoms with van der Waals surface area (Å²) in [4.78, 5) is 14.8. The van der Waals surface area contributed by atoms with E-state index in [1.807, 2.05) is 25.1 Å². The Morgan fingerprint density at radius 3 is 2.42 bits per heavy atom. The minimum atomic E-state index is -0.276. The highest BCUT2D eigenvalue weighted by molar-refractivity contribution is 5.94. The van der Waals surface area contributed by atoms with Gasteiger partial charge in [0.15, 0.2) is 0 Å². The second-order valence-electron chi connectivity index (χ2n) is 6.75. The Morgan fingerprint density at radius 1 is 1.12 bits per heavy atom. The molecular formula is C22H25FN2O. The van der Waals surface area contributed by atoms with Gasteiger partial charge in [0.1, 0.15) is 5.82 Å². The molecule has 1 aliphatic heterocycles. The van der Waals surface area contributed by atoms with Crippen LogP contribution in [-0.4, -0.2) is 30.4 Å². The highest BCUT2D eigenvalue weighted by atomic mass is 19.1. The molecule has 1 heterocycles. The van der Waals surface area contributed by atoms with Crippen molar-refractivity contribution in [2.24, 2.45) is 0 Å². The third kappa shape index (κ3) is 4.79. The molecule has 0 bridgehead atoms. The number of allylic oxidation sites excluding steroid dienone is 1. The van der Waals surface area contributed by atoms with Gasteiger partial charge in [0.2, 0.25) is 5.91 Å². The van der Waals surface area contributed by atoms with E-state index >= 15 is 0 Å². The summed E-state index contributed by atoms with van der Waals surface area (Å²) in [6.45, 7) is 4.58. The molecule has 0 saturated carbocycles. The molecule has 0 radical (unpaired) electrons. The number of rotatable bonds is 6. The Morgan fingerprint density at radius 2 is 1.77 bits per heavy atom. The summed E-state index contributed by atoms with van der Waals surface area (Å²) in [6, 6.07) is 16.7. The molecule has 1 fully saturated rings. The number of carbonyl (C=O) groups excluding carboxylic acids is 1. The maximum atomic E-state index is 13.0. The van der Waals surface area contributed by atoms with Gasteiger partial charge in [-0.25, -0.2) is 4.39 Å². The molecule has 3 nitrogen and oxygen atoms in total. The lowest BCUT2D eigenvalue weighted by Crippen LogP contribution is -2.36. The fourth-order valence-electron chi connectivity index (χ4n) is 3.43. The van der Waals surface area contributed by atoms with Crippen molar-refractivity contribution in [2.45, 2.75) is 25.8 Å². The van der Waals surface area contributed by atoms with Gasteiger partial charge in [-0.3, -0.25) is 9.69 Å². The quantitative estimate of drug-likeness (QED) is 0.791. The van der Waals surface area contributed by atoms with Crippen LogP contribution < -0.4 is 5.32 Å². The number of amides is 1. The van der Waals surface area contributed by atoms with Gasteiger partial charge < -0.3 is 5.32 Å². The molecule has 1 amide bonds. The van der Waals surface area contributed by atoms with E-state index in [4.69, 9.17) is 0 Å². The Balaban J connectivity index is 1.65. The number of carbonyl (C=O) groups is 1. The molecule has 0 aliphatic carbocycles. The Labute approximate surface area is 154 Å². The van der Waals surface area contributed by atoms with Crippen molar-refractivity contribution >= 4 is 11.5 Å². The lowest BCUT2D eigenvalue weighted by atomic mass is 10.1. The van der Waals surface area contributed by atoms with Crippen LogP contribution in [-0.2, 0) is 4.79 Å². The smallest absolute Gasteiger partial charge is 0.244 e. The van der Waals surface area contributed by atoms with Crippen molar-refractivity contribution in [1.29, 1.82) is 0 Å². The summed E-state index contributed by atoms with van der Waals surface area (Å²) in [6.07, 6.45) is 4.00. The van der Waals surface area contributed by atoms with Crippen molar-refractivity contribution in [1.82, 2.24) is 10.2 Å². The van der Waals surface area contributed by atoms with E-state index in [0.29, 0.717) is 6.54 Å². The third-order valence-corrected chi connectivity index (χ3v) is 4.88. The van der Waals surface area contributed by atoms with E-state index in [1.54, 1.807) is 18.2 Å². The monoisotopic (exact) mass is 352 g/mol. The Hall–Kier alpha value is -2.46. The minimum absolute atomic E-state index is 0.119. The number of likely N-dealkylation sites (tertiary alicyclic amines) is 1. The van der Waals surface area contributed by atoms with Gasteiger partial charge in [-0.2, -0.15) is 0 Å². The average molecular weight is 352 g/mol. The molecule has 0 spiro atoms. The van der Waals surface area contributed by atoms with Crippen LogP contribution in [0.3, 0.4) is 0 Å². The standard InChI is InChI=1S/C22H25FN2O/c1-17(18-9-11-20(23)12-10-18)15-22(26)24-16-21(25-13-5-6-14-25)19-7-3-2-4-8-19/h2-4,7-12,15,21H,5-6,13-14,16H2,1H3,(H,24,26)/b17-15-. The molecule has 0 aromatic heterocycles. The van der Waals surface area contributed by atoms with Gasteiger partial charge in [-0.1, -0.05) is 42.5 Å². The van der Waals surface area contributed by atoms with Crippen molar-refractivity contribution < 1.29 is 9.18 Å². The molecule has 2 aromatic rings. The fraction of sp³-hybridized carbons (Fsp3) is 0.318. The highest BCUT2D eigenvalue weighted by Gasteiger charge is 2.23. The summed E-state index contributed by atoms with van der Waals surface area (Å²) < 4.78 is 13.0. The molecule has 1 aliphatic rings. The van der Waals surface area contributed by atoms with Crippen LogP contribution >= 0.6 is 0 Å². The zero-order valence-electron chi connectivity index (χ0n) is 15.1. The van der Waals surface area contributed by atoms with Crippen LogP contribution in [0.25, 0.3) is 5.57 Å². The van der Waals surface area contributed by atoms with Crippen LogP contribution in [0.5, 0.6) is 0 Å². The van der Waals surface area contributed by atoms with Crippen molar-refractivity contribution in [3.8, 4) is 0 Å². The molecule has 26 heavy (non-hydrogen) atoms. The predicted molar refractivity (Wildman–Crippen MR) is 103 cm³/mol. The van der Waals surface area contributed by atoms with Crippen LogP contribution in [0, 0.1) is 5.82 Å². The number of nitrogens with one attached hydrogen (secondary N) is 1. The second kappa shape index (κ2) is 8.77. The Kier molecular flexibility index (Phi) is 6.18. The zero-order valence-corrected chi connectivity index (χ0v) is 15.1. The van der Waals surface area contributed by atoms with Gasteiger partial charge in [0, 0.05) is 12.6 Å². The van der Waals surface area contributed by atoms with Crippen molar-refractivity contribution in [2.75, 3.05) is 19.6 Å². The van der Waals surface area contributed by atoms with Gasteiger partial charge in [-0.15, -0.1) is 0 Å². The topological polar surface area (TPSA) is 32.3 Å². The first-order chi connectivity index (χ1) is 12.6. The molecule has 3 rings (SSSR count). The first-order valence-electron chi connectivity index (χ1n) is 9.14. The first-order valence-corrected chi connectivity index (χ1v) is 9.14. The van der Waals surface area contributed by atoms with E-state index in [2.05, 4.69) is 22.3 Å². The summed E-state index contributed by atoms with van der Waals surface area (Å²) in [5.41, 5.74) is 2.90. The molecule has 136 valence electrons. The predicted octanol–water partition coefficient (Wildman–Crippen LogP) is 4.18. The van der Waals surface area contributed by atoms with E-state index in [0.717, 1.165) is 24.2 Å². The number of nitrogens with zero attached hydrogens (tertiary/aromatic N) is 1. The lowest BCUT2D eigenvalue weighted by Gasteiger charge is -2.28. The normalized spacial score (nSPS) is 16.5. The summed E-state index contributed by atoms with van der Waals surface area (Å²) in [5, 5.41) is 3.04. The van der Waals surface area contributed by atoms with Crippen LogP contribution in [0.1, 0.15) is 36.9 Å². The molecular weight excluding hydrogens is 327 g/mol. The molecule has 1 saturated heterocycles. The third-order valence-electron chi connectivity index (χ3n) is 4.88. The molecule has 1 N–H and O–H groups in total. The lowest BCUT2D eigenvalue weighted by molar-refractivity contribution is -0.116. The molecule has 1 atom stereocenters. The molecule has 1 unspecified atom stereocenters. The van der Waals surface area contributed by atoms with Crippen molar-refractivity contribution in [3.05, 3.63) is 77.6 Å². The van der Waals surface area contributed by atoms with Gasteiger partial charge in [0.05, 0.1) is 6.04 Å². The highest BCUT2D eigenvalue weighted by Crippen LogP contribution is 2.24. The van der Waals surface area contributed by atoms with Crippen LogP contribution in [0.4, 0.5) is 4.39 Å². The Bertz CT molecular complexity index is 749. The van der Waals surface area contributed by atoms with Crippen LogP contribution in [0.15, 0.2) is 60.7 Å². The largest absolute Gasteiger partial charge is 0.351 e. The number of hydrogen-bond donors (Lipinski definition) is 1. The second-order valence-corrected chi connectivity index (χ2v) is 6.75. The molecule has 2 aromatic carbocycles. The average Bonchev–Trinajstić information content (AvgIpc) is 3.17. The summed E-state index contributed by atoms with van der Waals surface area (Å²) in [5.74, 6) is -0.394. The van der Waals surface area contributed by atoms with Crippen LogP contribution in [0.2, 0.25) is 0 Å². The number of halogens is 1. The maximum absolute atomic E-state index is 13.0. The van der Waals surface area contributed by atoms with E-state index in [1.165, 1.54) is 30.5 Å². The first kappa shape index (κ1) is 18.3.